The van der Waals surface area contributed by atoms with Crippen LogP contribution in [0.15, 0.2) is 47.1 Å². The largest absolute Gasteiger partial charge is 0.465 e. The molecule has 2 N–H and O–H groups in total. The van der Waals surface area contributed by atoms with Crippen LogP contribution in [0.4, 0.5) is 24.5 Å². The van der Waals surface area contributed by atoms with Crippen molar-refractivity contribution in [2.45, 2.75) is 6.18 Å². The molecule has 1 aromatic carbocycles. The smallest absolute Gasteiger partial charge is 0.416 e. The zero-order valence-corrected chi connectivity index (χ0v) is 16.0. The Morgan fingerprint density at radius 2 is 1.97 bits per heavy atom. The number of nitrogens with one attached hydrogen (secondary N) is 2. The van der Waals surface area contributed by atoms with Gasteiger partial charge in [0.05, 0.1) is 36.4 Å². The number of hydrogen-bond donors (Lipinski definition) is 2. The SMILES string of the molecule is O=C(/C=C/c1ccco1)NC(=S)Nc1cc(C(F)(F)F)ccc1N1CCOCC1. The minimum Gasteiger partial charge on any atom is -0.465 e. The second-order valence-electron chi connectivity index (χ2n) is 6.12. The summed E-state index contributed by atoms with van der Waals surface area (Å²) in [5.74, 6) is -0.0645. The van der Waals surface area contributed by atoms with Crippen molar-refractivity contribution in [3.63, 3.8) is 0 Å². The first-order valence-corrected chi connectivity index (χ1v) is 9.11. The molecule has 1 aliphatic rings. The molecule has 0 bridgehead atoms. The van der Waals surface area contributed by atoms with Gasteiger partial charge in [-0.1, -0.05) is 0 Å². The molecule has 2 heterocycles. The Kier molecular flexibility index (Phi) is 6.55. The molecular weight excluding hydrogens is 407 g/mol. The number of thiocarbonyl (C=S) groups is 1. The second kappa shape index (κ2) is 9.10. The van der Waals surface area contributed by atoms with Gasteiger partial charge in [0.15, 0.2) is 5.11 Å². The van der Waals surface area contributed by atoms with Gasteiger partial charge in [-0.15, -0.1) is 0 Å². The third kappa shape index (κ3) is 5.81. The molecule has 0 atom stereocenters. The van der Waals surface area contributed by atoms with Crippen LogP contribution in [0.1, 0.15) is 11.3 Å². The average Bonchev–Trinajstić information content (AvgIpc) is 3.20. The maximum atomic E-state index is 13.1. The molecule has 0 aliphatic carbocycles. The summed E-state index contributed by atoms with van der Waals surface area (Å²) in [6, 6.07) is 6.71. The predicted molar refractivity (Wildman–Crippen MR) is 107 cm³/mol. The van der Waals surface area contributed by atoms with Crippen molar-refractivity contribution >= 4 is 40.7 Å². The van der Waals surface area contributed by atoms with Crippen LogP contribution in [0.5, 0.6) is 0 Å². The highest BCUT2D eigenvalue weighted by Crippen LogP contribution is 2.35. The van der Waals surface area contributed by atoms with Crippen molar-refractivity contribution in [3.8, 4) is 0 Å². The standard InChI is InChI=1S/C19H18F3N3O3S/c20-19(21,22)13-3-5-16(25-7-10-27-11-8-25)15(12-13)23-18(29)24-17(26)6-4-14-2-1-9-28-14/h1-6,9,12H,7-8,10-11H2,(H2,23,24,26,29)/b6-4+. The van der Waals surface area contributed by atoms with Gasteiger partial charge in [0.1, 0.15) is 5.76 Å². The Hall–Kier alpha value is -2.85. The van der Waals surface area contributed by atoms with E-state index in [1.807, 2.05) is 4.90 Å². The van der Waals surface area contributed by atoms with Crippen LogP contribution in [-0.2, 0) is 15.7 Å². The Labute approximate surface area is 170 Å². The van der Waals surface area contributed by atoms with Crippen molar-refractivity contribution in [2.24, 2.45) is 0 Å². The molecule has 1 aromatic heterocycles. The Morgan fingerprint density at radius 3 is 2.62 bits per heavy atom. The number of nitrogens with zero attached hydrogens (tertiary/aromatic N) is 1. The number of rotatable bonds is 4. The summed E-state index contributed by atoms with van der Waals surface area (Å²) in [6.07, 6.45) is -0.385. The fourth-order valence-electron chi connectivity index (χ4n) is 2.74. The van der Waals surface area contributed by atoms with Crippen LogP contribution in [0.3, 0.4) is 0 Å². The van der Waals surface area contributed by atoms with Crippen LogP contribution >= 0.6 is 12.2 Å². The van der Waals surface area contributed by atoms with Gasteiger partial charge in [0.25, 0.3) is 0 Å². The molecule has 0 saturated carbocycles. The van der Waals surface area contributed by atoms with Gasteiger partial charge in [-0.25, -0.2) is 0 Å². The highest BCUT2D eigenvalue weighted by molar-refractivity contribution is 7.80. The van der Waals surface area contributed by atoms with Crippen LogP contribution < -0.4 is 15.5 Å². The number of amides is 1. The highest BCUT2D eigenvalue weighted by Gasteiger charge is 2.31. The molecule has 2 aromatic rings. The van der Waals surface area contributed by atoms with E-state index in [4.69, 9.17) is 21.4 Å². The van der Waals surface area contributed by atoms with Gasteiger partial charge < -0.3 is 19.4 Å². The van der Waals surface area contributed by atoms with E-state index in [1.54, 1.807) is 12.1 Å². The van der Waals surface area contributed by atoms with E-state index < -0.39 is 17.6 Å². The number of alkyl halides is 3. The van der Waals surface area contributed by atoms with Gasteiger partial charge >= 0.3 is 6.18 Å². The maximum Gasteiger partial charge on any atom is 0.416 e. The third-order valence-corrected chi connectivity index (χ3v) is 4.31. The van der Waals surface area contributed by atoms with E-state index in [9.17, 15) is 18.0 Å². The number of furan rings is 1. The lowest BCUT2D eigenvalue weighted by Gasteiger charge is -2.31. The summed E-state index contributed by atoms with van der Waals surface area (Å²) in [4.78, 5) is 13.9. The van der Waals surface area contributed by atoms with E-state index >= 15 is 0 Å². The van der Waals surface area contributed by atoms with E-state index in [0.29, 0.717) is 37.8 Å². The van der Waals surface area contributed by atoms with Crippen LogP contribution in [0.2, 0.25) is 0 Å². The van der Waals surface area contributed by atoms with Crippen molar-refractivity contribution < 1.29 is 27.1 Å². The quantitative estimate of drug-likeness (QED) is 0.576. The molecule has 1 aliphatic heterocycles. The van der Waals surface area contributed by atoms with Gasteiger partial charge in [0, 0.05) is 19.2 Å². The van der Waals surface area contributed by atoms with E-state index in [2.05, 4.69) is 10.6 Å². The minimum atomic E-state index is -4.50. The molecule has 29 heavy (non-hydrogen) atoms. The van der Waals surface area contributed by atoms with E-state index in [-0.39, 0.29) is 10.8 Å². The molecule has 154 valence electrons. The number of benzene rings is 1. The first kappa shape index (κ1) is 20.9. The lowest BCUT2D eigenvalue weighted by atomic mass is 10.1. The first-order valence-electron chi connectivity index (χ1n) is 8.70. The minimum absolute atomic E-state index is 0.118. The molecule has 6 nitrogen and oxygen atoms in total. The van der Waals surface area contributed by atoms with Crippen LogP contribution in [0, 0.1) is 0 Å². The summed E-state index contributed by atoms with van der Waals surface area (Å²) in [6.45, 7) is 2.01. The molecule has 1 amide bonds. The Bertz CT molecular complexity index is 892. The molecule has 1 fully saturated rings. The van der Waals surface area contributed by atoms with Gasteiger partial charge in [-0.3, -0.25) is 10.1 Å². The van der Waals surface area contributed by atoms with Crippen molar-refractivity contribution in [3.05, 3.63) is 54.0 Å². The Balaban J connectivity index is 1.74. The predicted octanol–water partition coefficient (Wildman–Crippen LogP) is 3.66. The lowest BCUT2D eigenvalue weighted by molar-refractivity contribution is -0.137. The van der Waals surface area contributed by atoms with Crippen molar-refractivity contribution in [1.29, 1.82) is 0 Å². The van der Waals surface area contributed by atoms with Crippen LogP contribution in [0.25, 0.3) is 6.08 Å². The number of ether oxygens (including phenoxy) is 1. The summed E-state index contributed by atoms with van der Waals surface area (Å²) in [5, 5.41) is 4.99. The molecule has 0 spiro atoms. The molecular formula is C19H18F3N3O3S. The normalized spacial score (nSPS) is 14.8. The molecule has 10 heteroatoms. The van der Waals surface area contributed by atoms with E-state index in [1.165, 1.54) is 24.5 Å². The lowest BCUT2D eigenvalue weighted by Crippen LogP contribution is -2.38. The number of morpholine rings is 1. The molecule has 0 radical (unpaired) electrons. The van der Waals surface area contributed by atoms with Gasteiger partial charge in [0.2, 0.25) is 5.91 Å². The molecule has 1 saturated heterocycles. The summed E-state index contributed by atoms with van der Waals surface area (Å²) in [7, 11) is 0. The zero-order valence-electron chi connectivity index (χ0n) is 15.2. The fourth-order valence-corrected chi connectivity index (χ4v) is 2.95. The van der Waals surface area contributed by atoms with Gasteiger partial charge in [-0.05, 0) is 48.6 Å². The summed E-state index contributed by atoms with van der Waals surface area (Å²) in [5.41, 5.74) is -0.116. The topological polar surface area (TPSA) is 66.7 Å². The van der Waals surface area contributed by atoms with Gasteiger partial charge in [-0.2, -0.15) is 13.2 Å². The third-order valence-electron chi connectivity index (χ3n) is 4.10. The summed E-state index contributed by atoms with van der Waals surface area (Å²) >= 11 is 5.10. The first-order chi connectivity index (χ1) is 13.8. The molecule has 3 rings (SSSR count). The van der Waals surface area contributed by atoms with E-state index in [0.717, 1.165) is 12.1 Å². The Morgan fingerprint density at radius 1 is 1.21 bits per heavy atom. The summed E-state index contributed by atoms with van der Waals surface area (Å²) < 4.78 is 49.8. The monoisotopic (exact) mass is 425 g/mol. The van der Waals surface area contributed by atoms with Crippen LogP contribution in [-0.4, -0.2) is 37.3 Å². The number of hydrogen-bond acceptors (Lipinski definition) is 5. The molecule has 0 unspecified atom stereocenters. The number of anilines is 2. The highest BCUT2D eigenvalue weighted by atomic mass is 32.1. The zero-order chi connectivity index (χ0) is 20.9. The number of halogens is 3. The number of carbonyl (C=O) groups excluding carboxylic acids is 1. The maximum absolute atomic E-state index is 13.1. The average molecular weight is 425 g/mol. The van der Waals surface area contributed by atoms with Crippen molar-refractivity contribution in [2.75, 3.05) is 36.5 Å². The second-order valence-corrected chi connectivity index (χ2v) is 6.53. The van der Waals surface area contributed by atoms with Crippen molar-refractivity contribution in [1.82, 2.24) is 5.32 Å². The number of carbonyl (C=O) groups is 1. The fraction of sp³-hybridized carbons (Fsp3) is 0.263.